The molecule has 4 heterocycles. The van der Waals surface area contributed by atoms with Crippen molar-refractivity contribution < 1.29 is 0 Å². The second-order valence-electron chi connectivity index (χ2n) is 12.6. The van der Waals surface area contributed by atoms with E-state index in [2.05, 4.69) is 188 Å². The molecule has 11 aromatic rings. The van der Waals surface area contributed by atoms with Crippen LogP contribution in [0.2, 0.25) is 0 Å². The molecule has 0 unspecified atom stereocenters. The van der Waals surface area contributed by atoms with Crippen molar-refractivity contribution in [2.45, 2.75) is 0 Å². The third kappa shape index (κ3) is 3.33. The highest BCUT2D eigenvalue weighted by molar-refractivity contribution is 6.26. The maximum atomic E-state index is 2.45. The van der Waals surface area contributed by atoms with Crippen molar-refractivity contribution in [2.75, 3.05) is 0 Å². The first-order valence-electron chi connectivity index (χ1n) is 16.5. The number of aromatic nitrogens is 4. The van der Waals surface area contributed by atoms with Crippen LogP contribution in [0, 0.1) is 0 Å². The standard InChI is InChI=1S/C44H28N4/c1-3-14-30(15-4-1)46-39-25-23-32(28-41(39)48-36-20-10-7-13-29(36)27-42(46)48)45-38-22-12-9-19-35(38)43-40(45)26-24-34-33-18-8-11-21-37(33)47(44(34)43)31-16-5-2-6-17-31/h1-28H. The van der Waals surface area contributed by atoms with E-state index in [1.54, 1.807) is 0 Å². The second-order valence-corrected chi connectivity index (χ2v) is 12.6. The Hall–Kier alpha value is -6.52. The summed E-state index contributed by atoms with van der Waals surface area (Å²) in [6.45, 7) is 0. The summed E-state index contributed by atoms with van der Waals surface area (Å²) in [5, 5.41) is 6.28. The van der Waals surface area contributed by atoms with E-state index < -0.39 is 0 Å². The number of hydrogen-bond acceptors (Lipinski definition) is 0. The van der Waals surface area contributed by atoms with Gasteiger partial charge in [0, 0.05) is 44.0 Å². The summed E-state index contributed by atoms with van der Waals surface area (Å²) in [5.41, 5.74) is 13.0. The lowest BCUT2D eigenvalue weighted by molar-refractivity contribution is 1.15. The molecule has 0 saturated heterocycles. The van der Waals surface area contributed by atoms with Crippen LogP contribution in [0.1, 0.15) is 0 Å². The zero-order valence-corrected chi connectivity index (χ0v) is 26.0. The molecule has 0 saturated carbocycles. The highest BCUT2D eigenvalue weighted by Crippen LogP contribution is 2.42. The van der Waals surface area contributed by atoms with E-state index in [0.29, 0.717) is 0 Å². The molecule has 0 radical (unpaired) electrons. The minimum Gasteiger partial charge on any atom is -0.309 e. The first-order chi connectivity index (χ1) is 23.8. The van der Waals surface area contributed by atoms with Gasteiger partial charge in [-0.15, -0.1) is 0 Å². The molecule has 0 atom stereocenters. The summed E-state index contributed by atoms with van der Waals surface area (Å²) in [6.07, 6.45) is 0. The molecule has 0 spiro atoms. The average molecular weight is 613 g/mol. The quantitative estimate of drug-likeness (QED) is 0.189. The third-order valence-corrected chi connectivity index (χ3v) is 10.1. The van der Waals surface area contributed by atoms with Gasteiger partial charge in [-0.1, -0.05) is 97.1 Å². The third-order valence-electron chi connectivity index (χ3n) is 10.1. The Bertz CT molecular complexity index is 3040. The fraction of sp³-hybridized carbons (Fsp3) is 0. The Morgan fingerprint density at radius 2 is 0.917 bits per heavy atom. The van der Waals surface area contributed by atoms with Crippen molar-refractivity contribution in [3.8, 4) is 17.1 Å². The fourth-order valence-corrected chi connectivity index (χ4v) is 8.18. The van der Waals surface area contributed by atoms with E-state index in [1.165, 1.54) is 71.2 Å². The minimum atomic E-state index is 1.14. The van der Waals surface area contributed by atoms with Crippen molar-refractivity contribution in [2.24, 2.45) is 0 Å². The van der Waals surface area contributed by atoms with Crippen LogP contribution in [0.5, 0.6) is 0 Å². The van der Waals surface area contributed by atoms with E-state index in [1.807, 2.05) is 0 Å². The van der Waals surface area contributed by atoms with E-state index in [-0.39, 0.29) is 0 Å². The molecule has 48 heavy (non-hydrogen) atoms. The lowest BCUT2D eigenvalue weighted by atomic mass is 10.1. The Morgan fingerprint density at radius 1 is 0.312 bits per heavy atom. The van der Waals surface area contributed by atoms with Crippen molar-refractivity contribution in [1.29, 1.82) is 0 Å². The van der Waals surface area contributed by atoms with Gasteiger partial charge in [-0.3, -0.25) is 8.97 Å². The van der Waals surface area contributed by atoms with Gasteiger partial charge in [0.05, 0.1) is 38.6 Å². The van der Waals surface area contributed by atoms with E-state index in [9.17, 15) is 0 Å². The smallest absolute Gasteiger partial charge is 0.123 e. The molecule has 224 valence electrons. The first-order valence-corrected chi connectivity index (χ1v) is 16.5. The first kappa shape index (κ1) is 25.6. The maximum absolute atomic E-state index is 2.45. The van der Waals surface area contributed by atoms with Crippen molar-refractivity contribution in [3.05, 3.63) is 170 Å². The van der Waals surface area contributed by atoms with Crippen LogP contribution in [0.4, 0.5) is 0 Å². The molecule has 4 aromatic heterocycles. The Balaban J connectivity index is 1.28. The number of para-hydroxylation sites is 5. The lowest BCUT2D eigenvalue weighted by Crippen LogP contribution is -1.96. The Morgan fingerprint density at radius 3 is 1.69 bits per heavy atom. The Labute approximate surface area is 275 Å². The van der Waals surface area contributed by atoms with Gasteiger partial charge < -0.3 is 9.13 Å². The van der Waals surface area contributed by atoms with Crippen LogP contribution in [0.15, 0.2) is 170 Å². The van der Waals surface area contributed by atoms with Gasteiger partial charge in [0.1, 0.15) is 5.65 Å². The summed E-state index contributed by atoms with van der Waals surface area (Å²) >= 11 is 0. The van der Waals surface area contributed by atoms with Crippen molar-refractivity contribution in [1.82, 2.24) is 18.1 Å². The maximum Gasteiger partial charge on any atom is 0.123 e. The van der Waals surface area contributed by atoms with E-state index in [4.69, 9.17) is 0 Å². The normalized spacial score (nSPS) is 12.2. The predicted molar refractivity (Wildman–Crippen MR) is 200 cm³/mol. The summed E-state index contributed by atoms with van der Waals surface area (Å²) in [5.74, 6) is 0. The lowest BCUT2D eigenvalue weighted by Gasteiger charge is -2.11. The molecule has 4 nitrogen and oxygen atoms in total. The van der Waals surface area contributed by atoms with Gasteiger partial charge in [0.15, 0.2) is 0 Å². The van der Waals surface area contributed by atoms with E-state index >= 15 is 0 Å². The van der Waals surface area contributed by atoms with Gasteiger partial charge in [0.25, 0.3) is 0 Å². The zero-order valence-electron chi connectivity index (χ0n) is 26.0. The largest absolute Gasteiger partial charge is 0.309 e. The molecule has 4 heteroatoms. The number of hydrogen-bond donors (Lipinski definition) is 0. The molecule has 7 aromatic carbocycles. The van der Waals surface area contributed by atoms with Crippen LogP contribution in [-0.2, 0) is 0 Å². The number of fused-ring (bicyclic) bond motifs is 12. The van der Waals surface area contributed by atoms with Crippen molar-refractivity contribution >= 4 is 71.2 Å². The highest BCUT2D eigenvalue weighted by atomic mass is 15.1. The molecule has 0 aliphatic rings. The number of rotatable bonds is 3. The van der Waals surface area contributed by atoms with E-state index in [0.717, 1.165) is 17.0 Å². The molecule has 0 fully saturated rings. The molecule has 0 amide bonds. The number of imidazole rings is 1. The van der Waals surface area contributed by atoms with Crippen molar-refractivity contribution in [3.63, 3.8) is 0 Å². The predicted octanol–water partition coefficient (Wildman–Crippen LogP) is 11.2. The molecular formula is C44H28N4. The number of nitrogens with zero attached hydrogens (tertiary/aromatic N) is 4. The highest BCUT2D eigenvalue weighted by Gasteiger charge is 2.22. The summed E-state index contributed by atoms with van der Waals surface area (Å²) in [6, 6.07) is 61.7. The SMILES string of the molecule is c1ccc(-n2c3ccccc3c3ccc4c(c5ccccc5n4-c4ccc5c(c4)n4c6ccccc6cc4n5-c4ccccc4)c32)cc1. The van der Waals surface area contributed by atoms with Crippen LogP contribution in [0.25, 0.3) is 88.3 Å². The molecule has 0 bridgehead atoms. The number of benzene rings is 7. The molecule has 0 N–H and O–H groups in total. The van der Waals surface area contributed by atoms with Crippen LogP contribution in [0.3, 0.4) is 0 Å². The summed E-state index contributed by atoms with van der Waals surface area (Å²) in [4.78, 5) is 0. The van der Waals surface area contributed by atoms with Gasteiger partial charge >= 0.3 is 0 Å². The molecule has 11 rings (SSSR count). The van der Waals surface area contributed by atoms with Crippen LogP contribution in [-0.4, -0.2) is 18.1 Å². The molecule has 0 aliphatic heterocycles. The monoisotopic (exact) mass is 612 g/mol. The summed E-state index contributed by atoms with van der Waals surface area (Å²) < 4.78 is 9.70. The van der Waals surface area contributed by atoms with Gasteiger partial charge in [-0.2, -0.15) is 0 Å². The fourth-order valence-electron chi connectivity index (χ4n) is 8.18. The zero-order chi connectivity index (χ0) is 31.3. The Kier molecular flexibility index (Phi) is 5.08. The second kappa shape index (κ2) is 9.50. The van der Waals surface area contributed by atoms with Crippen LogP contribution >= 0.6 is 0 Å². The van der Waals surface area contributed by atoms with Crippen LogP contribution < -0.4 is 0 Å². The molecule has 0 aliphatic carbocycles. The molecular weight excluding hydrogens is 585 g/mol. The minimum absolute atomic E-state index is 1.14. The summed E-state index contributed by atoms with van der Waals surface area (Å²) in [7, 11) is 0. The topological polar surface area (TPSA) is 19.2 Å². The average Bonchev–Trinajstić information content (AvgIpc) is 3.87. The van der Waals surface area contributed by atoms with Gasteiger partial charge in [-0.25, -0.2) is 0 Å². The van der Waals surface area contributed by atoms with Gasteiger partial charge in [-0.05, 0) is 72.8 Å². The van der Waals surface area contributed by atoms with Gasteiger partial charge in [0.2, 0.25) is 0 Å².